The summed E-state index contributed by atoms with van der Waals surface area (Å²) in [5, 5.41) is 18.2. The second-order valence-corrected chi connectivity index (χ2v) is 7.38. The molecule has 34 heavy (non-hydrogen) atoms. The first-order chi connectivity index (χ1) is 16.5. The van der Waals surface area contributed by atoms with Crippen molar-refractivity contribution in [2.45, 2.75) is 0 Å². The van der Waals surface area contributed by atoms with Crippen molar-refractivity contribution in [1.29, 1.82) is 0 Å². The van der Waals surface area contributed by atoms with E-state index >= 15 is 0 Å². The van der Waals surface area contributed by atoms with Gasteiger partial charge in [-0.25, -0.2) is 29.5 Å². The number of carboxylic acids is 2. The molecule has 2 aromatic heterocycles. The van der Waals surface area contributed by atoms with Gasteiger partial charge >= 0.3 is 11.9 Å². The third-order valence-corrected chi connectivity index (χ3v) is 5.20. The van der Waals surface area contributed by atoms with Gasteiger partial charge in [-0.1, -0.05) is 36.4 Å². The van der Waals surface area contributed by atoms with Crippen LogP contribution in [0.2, 0.25) is 0 Å². The maximum Gasteiger partial charge on any atom is 0.337 e. The number of fused-ring (bicyclic) bond motifs is 4. The zero-order valence-corrected chi connectivity index (χ0v) is 17.6. The lowest BCUT2D eigenvalue weighted by molar-refractivity contribution is 0.0688. The molecule has 0 unspecified atom stereocenters. The van der Waals surface area contributed by atoms with Crippen LogP contribution in [0.3, 0.4) is 0 Å². The van der Waals surface area contributed by atoms with E-state index in [4.69, 9.17) is 10.2 Å². The number of benzene rings is 4. The summed E-state index contributed by atoms with van der Waals surface area (Å²) in [4.78, 5) is 39.7. The first-order valence-corrected chi connectivity index (χ1v) is 10.3. The largest absolute Gasteiger partial charge is 0.478 e. The van der Waals surface area contributed by atoms with E-state index in [1.54, 1.807) is 24.3 Å². The smallest absolute Gasteiger partial charge is 0.337 e. The fraction of sp³-hybridized carbons (Fsp3) is 0. The summed E-state index contributed by atoms with van der Waals surface area (Å²) < 4.78 is 0. The van der Waals surface area contributed by atoms with Gasteiger partial charge in [0.15, 0.2) is 0 Å². The normalized spacial score (nSPS) is 10.8. The van der Waals surface area contributed by atoms with Crippen LogP contribution in [-0.4, -0.2) is 42.1 Å². The standard InChI is InChI=1S/2C13H8N2O2/c2*16-13(17)8-4-3-7-11-12(8)15-10-6-2-1-5-9(10)14-11/h2*1-7H,(H,16,17). The Balaban J connectivity index is 0.000000142. The molecule has 6 rings (SSSR count). The highest BCUT2D eigenvalue weighted by molar-refractivity contribution is 6.03. The lowest BCUT2D eigenvalue weighted by Gasteiger charge is -2.03. The summed E-state index contributed by atoms with van der Waals surface area (Å²) in [7, 11) is 0. The van der Waals surface area contributed by atoms with Gasteiger partial charge in [0.25, 0.3) is 0 Å². The second kappa shape index (κ2) is 8.51. The highest BCUT2D eigenvalue weighted by Gasteiger charge is 2.12. The molecule has 0 radical (unpaired) electrons. The van der Waals surface area contributed by atoms with Crippen molar-refractivity contribution in [3.05, 3.63) is 96.1 Å². The summed E-state index contributed by atoms with van der Waals surface area (Å²) in [6.07, 6.45) is 0. The zero-order valence-electron chi connectivity index (χ0n) is 17.6. The number of nitrogens with zero attached hydrogens (tertiary/aromatic N) is 4. The molecule has 8 nitrogen and oxygen atoms in total. The van der Waals surface area contributed by atoms with E-state index in [9.17, 15) is 9.59 Å². The lowest BCUT2D eigenvalue weighted by Crippen LogP contribution is -1.99. The average Bonchev–Trinajstić information content (AvgIpc) is 2.85. The zero-order chi connectivity index (χ0) is 23.7. The van der Waals surface area contributed by atoms with Crippen LogP contribution >= 0.6 is 0 Å². The Bertz CT molecular complexity index is 1600. The molecule has 2 N–H and O–H groups in total. The van der Waals surface area contributed by atoms with E-state index in [0.717, 1.165) is 11.0 Å². The molecule has 0 saturated heterocycles. The molecule has 0 fully saturated rings. The molecule has 0 atom stereocenters. The van der Waals surface area contributed by atoms with Gasteiger partial charge in [0.2, 0.25) is 0 Å². The Kier molecular flexibility index (Phi) is 5.23. The van der Waals surface area contributed by atoms with Crippen LogP contribution in [0, 0.1) is 0 Å². The third-order valence-electron chi connectivity index (χ3n) is 5.20. The Morgan fingerprint density at radius 2 is 0.765 bits per heavy atom. The molecule has 0 saturated carbocycles. The summed E-state index contributed by atoms with van der Waals surface area (Å²) in [5.74, 6) is -1.97. The monoisotopic (exact) mass is 448 g/mol. The molecule has 164 valence electrons. The molecule has 8 heteroatoms. The first kappa shape index (κ1) is 20.9. The van der Waals surface area contributed by atoms with Crippen molar-refractivity contribution in [1.82, 2.24) is 19.9 Å². The van der Waals surface area contributed by atoms with Gasteiger partial charge < -0.3 is 10.2 Å². The van der Waals surface area contributed by atoms with Crippen LogP contribution in [0.25, 0.3) is 44.1 Å². The topological polar surface area (TPSA) is 126 Å². The average molecular weight is 448 g/mol. The minimum atomic E-state index is -0.986. The second-order valence-electron chi connectivity index (χ2n) is 7.38. The molecule has 0 spiro atoms. The molecule has 0 aliphatic rings. The molecular formula is C26H16N4O4. The quantitative estimate of drug-likeness (QED) is 0.356. The molecule has 4 aromatic carbocycles. The lowest BCUT2D eigenvalue weighted by atomic mass is 10.1. The van der Waals surface area contributed by atoms with E-state index in [0.29, 0.717) is 33.1 Å². The SMILES string of the molecule is O=C(O)c1cccc2nc3ccccc3nc12.O=C(O)c1cccc2nc3ccccc3nc12. The van der Waals surface area contributed by atoms with Gasteiger partial charge in [-0.15, -0.1) is 0 Å². The van der Waals surface area contributed by atoms with Gasteiger partial charge in [0.1, 0.15) is 11.0 Å². The van der Waals surface area contributed by atoms with Gasteiger partial charge in [0, 0.05) is 0 Å². The maximum absolute atomic E-state index is 11.1. The van der Waals surface area contributed by atoms with E-state index in [1.165, 1.54) is 12.1 Å². The third kappa shape index (κ3) is 3.84. The molecule has 0 aliphatic heterocycles. The molecule has 2 heterocycles. The highest BCUT2D eigenvalue weighted by atomic mass is 16.4. The van der Waals surface area contributed by atoms with Crippen molar-refractivity contribution in [2.24, 2.45) is 0 Å². The fourth-order valence-electron chi connectivity index (χ4n) is 3.63. The summed E-state index contributed by atoms with van der Waals surface area (Å²) in [6.45, 7) is 0. The van der Waals surface area contributed by atoms with Gasteiger partial charge in [-0.2, -0.15) is 0 Å². The van der Waals surface area contributed by atoms with Gasteiger partial charge in [-0.05, 0) is 48.5 Å². The molecule has 0 amide bonds. The number of rotatable bonds is 2. The van der Waals surface area contributed by atoms with E-state index in [-0.39, 0.29) is 11.1 Å². The predicted molar refractivity (Wildman–Crippen MR) is 128 cm³/mol. The summed E-state index contributed by atoms with van der Waals surface area (Å²) in [5.41, 5.74) is 5.36. The van der Waals surface area contributed by atoms with Crippen molar-refractivity contribution in [3.8, 4) is 0 Å². The van der Waals surface area contributed by atoms with E-state index in [1.807, 2.05) is 48.5 Å². The number of hydrogen-bond acceptors (Lipinski definition) is 6. The van der Waals surface area contributed by atoms with Crippen LogP contribution in [0.1, 0.15) is 20.7 Å². The van der Waals surface area contributed by atoms with E-state index in [2.05, 4.69) is 19.9 Å². The summed E-state index contributed by atoms with van der Waals surface area (Å²) >= 11 is 0. The van der Waals surface area contributed by atoms with Crippen molar-refractivity contribution < 1.29 is 19.8 Å². The van der Waals surface area contributed by atoms with E-state index < -0.39 is 11.9 Å². The molecule has 0 bridgehead atoms. The minimum Gasteiger partial charge on any atom is -0.478 e. The molecule has 6 aromatic rings. The number of para-hydroxylation sites is 6. The number of aromatic carboxylic acids is 2. The van der Waals surface area contributed by atoms with Crippen molar-refractivity contribution >= 4 is 56.1 Å². The number of aromatic nitrogens is 4. The Morgan fingerprint density at radius 3 is 1.12 bits per heavy atom. The maximum atomic E-state index is 11.1. The van der Waals surface area contributed by atoms with Crippen molar-refractivity contribution in [2.75, 3.05) is 0 Å². The molecular weight excluding hydrogens is 432 g/mol. The van der Waals surface area contributed by atoms with Crippen molar-refractivity contribution in [3.63, 3.8) is 0 Å². The first-order valence-electron chi connectivity index (χ1n) is 10.3. The molecule has 0 aliphatic carbocycles. The van der Waals surface area contributed by atoms with Crippen LogP contribution in [0.15, 0.2) is 84.9 Å². The van der Waals surface area contributed by atoms with Crippen LogP contribution in [0.5, 0.6) is 0 Å². The minimum absolute atomic E-state index is 0.181. The number of carboxylic acid groups (broad SMARTS) is 2. The number of carbonyl (C=O) groups is 2. The Hall–Kier alpha value is -4.98. The Morgan fingerprint density at radius 1 is 0.441 bits per heavy atom. The fourth-order valence-corrected chi connectivity index (χ4v) is 3.63. The number of hydrogen-bond donors (Lipinski definition) is 2. The van der Waals surface area contributed by atoms with Crippen LogP contribution in [0.4, 0.5) is 0 Å². The van der Waals surface area contributed by atoms with Crippen LogP contribution < -0.4 is 0 Å². The predicted octanol–water partition coefficient (Wildman–Crippen LogP) is 4.96. The highest BCUT2D eigenvalue weighted by Crippen LogP contribution is 2.20. The van der Waals surface area contributed by atoms with Gasteiger partial charge in [0.05, 0.1) is 44.2 Å². The summed E-state index contributed by atoms with van der Waals surface area (Å²) in [6, 6.07) is 24.8. The van der Waals surface area contributed by atoms with Crippen LogP contribution in [-0.2, 0) is 0 Å². The van der Waals surface area contributed by atoms with Gasteiger partial charge in [-0.3, -0.25) is 0 Å². The Labute approximate surface area is 192 Å².